The molecule has 7 nitrogen and oxygen atoms in total. The summed E-state index contributed by atoms with van der Waals surface area (Å²) in [5, 5.41) is 2.24. The summed E-state index contributed by atoms with van der Waals surface area (Å²) in [4.78, 5) is 0. The zero-order chi connectivity index (χ0) is 35.3. The number of rotatable bonds is 15. The first-order chi connectivity index (χ1) is 25.1. The Balaban J connectivity index is 0.00000464. The van der Waals surface area contributed by atoms with E-state index < -0.39 is 0 Å². The van der Waals surface area contributed by atoms with E-state index in [9.17, 15) is 0 Å². The van der Waals surface area contributed by atoms with Crippen molar-refractivity contribution in [2.24, 2.45) is 0 Å². The highest BCUT2D eigenvalue weighted by Gasteiger charge is 2.32. The lowest BCUT2D eigenvalue weighted by molar-refractivity contribution is -0.686. The zero-order valence-electron chi connectivity index (χ0n) is 30.3. The van der Waals surface area contributed by atoms with Crippen LogP contribution in [0.4, 0.5) is 0 Å². The average Bonchev–Trinajstić information content (AvgIpc) is 3.62. The molecule has 2 aliphatic heterocycles. The van der Waals surface area contributed by atoms with Gasteiger partial charge in [-0.2, -0.15) is 4.57 Å². The Bertz CT molecular complexity index is 2110. The largest absolute Gasteiger partial charge is 1.00 e. The van der Waals surface area contributed by atoms with E-state index in [2.05, 4.69) is 72.5 Å². The standard InChI is InChI=1S/C44H46NO6.HI/c1-6-11-29-14-17-39(35(23-29)30-15-18-38(46-3)32(24-30)12-7-2)49-22-10-8-9-13-34-33-16-19-40(47-4)44(48-5)37(33)27-45-21-20-31-25-41-42(51-28-50-41)26-36(31)43(34)45;/h6-7,14-19,23-27H,1-2,8-13,20-22,28H2,3-5H3;1H/q+1;/p-1. The summed E-state index contributed by atoms with van der Waals surface area (Å²) in [7, 11) is 5.11. The molecule has 3 heterocycles. The van der Waals surface area contributed by atoms with Gasteiger partial charge in [-0.25, -0.2) is 0 Å². The van der Waals surface area contributed by atoms with Gasteiger partial charge in [-0.05, 0) is 109 Å². The number of hydrogen-bond donors (Lipinski definition) is 0. The van der Waals surface area contributed by atoms with E-state index in [0.717, 1.165) is 108 Å². The van der Waals surface area contributed by atoms with E-state index in [1.165, 1.54) is 33.3 Å². The molecule has 270 valence electrons. The van der Waals surface area contributed by atoms with E-state index in [4.69, 9.17) is 28.4 Å². The summed E-state index contributed by atoms with van der Waals surface area (Å²) < 4.78 is 37.6. The van der Waals surface area contributed by atoms with Crippen molar-refractivity contribution < 1.29 is 57.0 Å². The molecule has 0 saturated heterocycles. The molecule has 0 saturated carbocycles. The number of aromatic nitrogens is 1. The molecule has 0 spiro atoms. The molecule has 0 unspecified atom stereocenters. The van der Waals surface area contributed by atoms with Crippen LogP contribution in [-0.2, 0) is 32.2 Å². The molecule has 2 aliphatic rings. The number of methoxy groups -OCH3 is 3. The lowest BCUT2D eigenvalue weighted by Crippen LogP contribution is -3.00. The number of unbranched alkanes of at least 4 members (excludes halogenated alkanes) is 2. The molecule has 0 amide bonds. The Morgan fingerprint density at radius 1 is 0.750 bits per heavy atom. The van der Waals surface area contributed by atoms with Crippen LogP contribution >= 0.6 is 0 Å². The molecule has 0 aliphatic carbocycles. The Morgan fingerprint density at radius 3 is 2.29 bits per heavy atom. The molecular weight excluding hydrogens is 765 g/mol. The third-order valence-corrected chi connectivity index (χ3v) is 9.95. The van der Waals surface area contributed by atoms with Crippen LogP contribution in [0.25, 0.3) is 33.2 Å². The molecule has 0 atom stereocenters. The van der Waals surface area contributed by atoms with E-state index >= 15 is 0 Å². The lowest BCUT2D eigenvalue weighted by Gasteiger charge is -2.21. The minimum Gasteiger partial charge on any atom is -1.00 e. The second-order valence-corrected chi connectivity index (χ2v) is 13.0. The van der Waals surface area contributed by atoms with Gasteiger partial charge in [0.05, 0.1) is 38.9 Å². The van der Waals surface area contributed by atoms with E-state index in [1.807, 2.05) is 24.3 Å². The first-order valence-corrected chi connectivity index (χ1v) is 17.7. The molecule has 0 N–H and O–H groups in total. The first kappa shape index (κ1) is 37.1. The number of fused-ring (bicyclic) bond motifs is 5. The summed E-state index contributed by atoms with van der Waals surface area (Å²) in [5.41, 5.74) is 9.52. The van der Waals surface area contributed by atoms with Crippen molar-refractivity contribution in [1.29, 1.82) is 0 Å². The van der Waals surface area contributed by atoms with Gasteiger partial charge >= 0.3 is 0 Å². The third-order valence-electron chi connectivity index (χ3n) is 9.95. The molecule has 1 aromatic heterocycles. The predicted molar refractivity (Wildman–Crippen MR) is 202 cm³/mol. The van der Waals surface area contributed by atoms with Crippen molar-refractivity contribution in [3.8, 4) is 56.9 Å². The number of pyridine rings is 1. The number of hydrogen-bond acceptors (Lipinski definition) is 6. The number of aryl methyl sites for hydroxylation is 3. The van der Waals surface area contributed by atoms with Crippen LogP contribution in [0.1, 0.15) is 41.5 Å². The minimum atomic E-state index is 0. The monoisotopic (exact) mass is 811 g/mol. The summed E-state index contributed by atoms with van der Waals surface area (Å²) in [6.07, 6.45) is 12.4. The van der Waals surface area contributed by atoms with Gasteiger partial charge in [0.15, 0.2) is 35.7 Å². The molecule has 5 aromatic rings. The van der Waals surface area contributed by atoms with Crippen LogP contribution in [0.3, 0.4) is 0 Å². The highest BCUT2D eigenvalue weighted by Crippen LogP contribution is 2.44. The van der Waals surface area contributed by atoms with Crippen LogP contribution in [0.5, 0.6) is 34.5 Å². The van der Waals surface area contributed by atoms with Gasteiger partial charge in [-0.15, -0.1) is 13.2 Å². The number of halogens is 1. The lowest BCUT2D eigenvalue weighted by atomic mass is 9.89. The van der Waals surface area contributed by atoms with Crippen molar-refractivity contribution >= 4 is 10.8 Å². The smallest absolute Gasteiger partial charge is 0.231 e. The average molecular weight is 812 g/mol. The Labute approximate surface area is 323 Å². The van der Waals surface area contributed by atoms with E-state index in [1.54, 1.807) is 21.3 Å². The minimum absolute atomic E-state index is 0. The normalized spacial score (nSPS) is 12.4. The summed E-state index contributed by atoms with van der Waals surface area (Å²) in [6.45, 7) is 9.64. The molecule has 0 bridgehead atoms. The Kier molecular flexibility index (Phi) is 11.9. The van der Waals surface area contributed by atoms with Gasteiger partial charge in [0, 0.05) is 22.9 Å². The van der Waals surface area contributed by atoms with Crippen LogP contribution in [0.15, 0.2) is 92.2 Å². The maximum atomic E-state index is 6.50. The van der Waals surface area contributed by atoms with Gasteiger partial charge in [-0.3, -0.25) is 0 Å². The Morgan fingerprint density at radius 2 is 1.52 bits per heavy atom. The molecule has 4 aromatic carbocycles. The fourth-order valence-corrected chi connectivity index (χ4v) is 7.51. The SMILES string of the molecule is C=CCc1ccc(OCCCCCc2c3[n+](cc4c(OC)c(OC)ccc24)CCc2cc4c(cc2-3)OCO4)c(-c2ccc(OC)c(CC=C)c2)c1.[I-]. The quantitative estimate of drug-likeness (QED) is 0.0558. The zero-order valence-corrected chi connectivity index (χ0v) is 32.4. The maximum Gasteiger partial charge on any atom is 0.231 e. The highest BCUT2D eigenvalue weighted by atomic mass is 127. The first-order valence-electron chi connectivity index (χ1n) is 17.7. The predicted octanol–water partition coefficient (Wildman–Crippen LogP) is 6.02. The van der Waals surface area contributed by atoms with Gasteiger partial charge in [0.1, 0.15) is 11.5 Å². The van der Waals surface area contributed by atoms with Crippen LogP contribution in [0.2, 0.25) is 0 Å². The summed E-state index contributed by atoms with van der Waals surface area (Å²) in [5.74, 6) is 4.88. The van der Waals surface area contributed by atoms with Gasteiger partial charge < -0.3 is 52.4 Å². The fraction of sp³-hybridized carbons (Fsp3) is 0.295. The summed E-state index contributed by atoms with van der Waals surface area (Å²) in [6, 6.07) is 21.3. The molecule has 52 heavy (non-hydrogen) atoms. The van der Waals surface area contributed by atoms with Crippen LogP contribution < -0.4 is 57.0 Å². The molecule has 7 rings (SSSR count). The number of nitrogens with zero attached hydrogens (tertiary/aromatic N) is 1. The molecule has 8 heteroatoms. The van der Waals surface area contributed by atoms with Gasteiger partial charge in [0.2, 0.25) is 12.5 Å². The second kappa shape index (κ2) is 16.8. The van der Waals surface area contributed by atoms with Crippen molar-refractivity contribution in [3.63, 3.8) is 0 Å². The molecular formula is C44H46INO6. The van der Waals surface area contributed by atoms with E-state index in [0.29, 0.717) is 6.61 Å². The van der Waals surface area contributed by atoms with Crippen molar-refractivity contribution in [1.82, 2.24) is 0 Å². The number of benzene rings is 4. The number of ether oxygens (including phenoxy) is 6. The highest BCUT2D eigenvalue weighted by molar-refractivity contribution is 5.95. The molecule has 0 fully saturated rings. The van der Waals surface area contributed by atoms with Crippen molar-refractivity contribution in [3.05, 3.63) is 114 Å². The van der Waals surface area contributed by atoms with Crippen molar-refractivity contribution in [2.45, 2.75) is 51.5 Å². The van der Waals surface area contributed by atoms with Gasteiger partial charge in [-0.1, -0.05) is 24.3 Å². The van der Waals surface area contributed by atoms with Crippen LogP contribution in [-0.4, -0.2) is 34.7 Å². The van der Waals surface area contributed by atoms with Gasteiger partial charge in [0.25, 0.3) is 0 Å². The second-order valence-electron chi connectivity index (χ2n) is 13.0. The van der Waals surface area contributed by atoms with Crippen molar-refractivity contribution in [2.75, 3.05) is 34.7 Å². The Hall–Kier alpha value is -4.70. The maximum absolute atomic E-state index is 6.50. The topological polar surface area (TPSA) is 59.3 Å². The summed E-state index contributed by atoms with van der Waals surface area (Å²) >= 11 is 0. The fourth-order valence-electron chi connectivity index (χ4n) is 7.51. The molecule has 0 radical (unpaired) electrons. The number of allylic oxidation sites excluding steroid dienone is 2. The van der Waals surface area contributed by atoms with E-state index in [-0.39, 0.29) is 30.8 Å². The third kappa shape index (κ3) is 7.31. The van der Waals surface area contributed by atoms with Crippen LogP contribution in [0, 0.1) is 0 Å².